The molecule has 0 amide bonds. The molecule has 1 heterocycles. The lowest BCUT2D eigenvalue weighted by molar-refractivity contribution is 0.196. The Morgan fingerprint density at radius 1 is 1.62 bits per heavy atom. The van der Waals surface area contributed by atoms with Gasteiger partial charge >= 0.3 is 0 Å². The largest absolute Gasteiger partial charge is 0.347 e. The molecule has 3 nitrogen and oxygen atoms in total. The molecule has 2 rings (SSSR count). The summed E-state index contributed by atoms with van der Waals surface area (Å²) >= 11 is 0. The maximum Gasteiger partial charge on any atom is 0.126 e. The van der Waals surface area contributed by atoms with Crippen molar-refractivity contribution in [3.63, 3.8) is 0 Å². The third kappa shape index (κ3) is 1.37. The molecular weight excluding hydrogens is 162 g/mol. The van der Waals surface area contributed by atoms with Crippen molar-refractivity contribution in [2.45, 2.75) is 38.1 Å². The summed E-state index contributed by atoms with van der Waals surface area (Å²) in [5.41, 5.74) is 6.17. The van der Waals surface area contributed by atoms with Gasteiger partial charge in [0.05, 0.1) is 5.54 Å². The van der Waals surface area contributed by atoms with Gasteiger partial charge in [-0.05, 0) is 18.8 Å². The molecule has 1 aliphatic carbocycles. The molecule has 72 valence electrons. The zero-order valence-electron chi connectivity index (χ0n) is 8.09. The monoisotopic (exact) mass is 179 g/mol. The first kappa shape index (κ1) is 8.75. The molecule has 1 saturated carbocycles. The Morgan fingerprint density at radius 2 is 2.46 bits per heavy atom. The van der Waals surface area contributed by atoms with Gasteiger partial charge < -0.3 is 10.7 Å². The summed E-state index contributed by atoms with van der Waals surface area (Å²) in [6.07, 6.45) is 8.44. The van der Waals surface area contributed by atoms with Gasteiger partial charge in [-0.3, -0.25) is 0 Å². The number of hydrogen-bond acceptors (Lipinski definition) is 2. The molecule has 0 aliphatic heterocycles. The Labute approximate surface area is 78.7 Å². The highest BCUT2D eigenvalue weighted by Crippen LogP contribution is 2.37. The standard InChI is InChI=1S/C10H17N3/c1-8-4-2-3-5-10(8,11)9-12-6-7-13-9/h6-8H,2-5,11H2,1H3,(H,12,13). The highest BCUT2D eigenvalue weighted by atomic mass is 15.0. The first-order chi connectivity index (χ1) is 6.23. The fourth-order valence-corrected chi connectivity index (χ4v) is 2.24. The van der Waals surface area contributed by atoms with E-state index in [9.17, 15) is 0 Å². The maximum absolute atomic E-state index is 6.37. The molecule has 0 spiro atoms. The van der Waals surface area contributed by atoms with Crippen molar-refractivity contribution in [2.75, 3.05) is 0 Å². The van der Waals surface area contributed by atoms with Crippen LogP contribution in [0.5, 0.6) is 0 Å². The van der Waals surface area contributed by atoms with E-state index in [1.807, 2.05) is 6.20 Å². The van der Waals surface area contributed by atoms with Crippen LogP contribution in [0, 0.1) is 5.92 Å². The van der Waals surface area contributed by atoms with Gasteiger partial charge in [0, 0.05) is 12.4 Å². The molecular formula is C10H17N3. The van der Waals surface area contributed by atoms with Crippen LogP contribution in [0.25, 0.3) is 0 Å². The molecule has 1 aliphatic rings. The average Bonchev–Trinajstić information content (AvgIpc) is 2.63. The van der Waals surface area contributed by atoms with Crippen LogP contribution >= 0.6 is 0 Å². The number of rotatable bonds is 1. The van der Waals surface area contributed by atoms with Crippen LogP contribution in [0.2, 0.25) is 0 Å². The van der Waals surface area contributed by atoms with Gasteiger partial charge in [-0.15, -0.1) is 0 Å². The quantitative estimate of drug-likeness (QED) is 0.690. The van der Waals surface area contributed by atoms with Crippen molar-refractivity contribution >= 4 is 0 Å². The molecule has 1 fully saturated rings. The Hall–Kier alpha value is -0.830. The van der Waals surface area contributed by atoms with Crippen LogP contribution in [0.15, 0.2) is 12.4 Å². The minimum absolute atomic E-state index is 0.207. The van der Waals surface area contributed by atoms with Crippen molar-refractivity contribution in [2.24, 2.45) is 11.7 Å². The Bertz CT molecular complexity index is 268. The lowest BCUT2D eigenvalue weighted by atomic mass is 9.74. The molecule has 1 aromatic rings. The zero-order chi connectivity index (χ0) is 9.31. The topological polar surface area (TPSA) is 54.7 Å². The van der Waals surface area contributed by atoms with Crippen LogP contribution in [0.4, 0.5) is 0 Å². The highest BCUT2D eigenvalue weighted by Gasteiger charge is 2.37. The molecule has 0 radical (unpaired) electrons. The summed E-state index contributed by atoms with van der Waals surface area (Å²) in [7, 11) is 0. The summed E-state index contributed by atoms with van der Waals surface area (Å²) in [6.45, 7) is 2.22. The van der Waals surface area contributed by atoms with E-state index in [0.29, 0.717) is 5.92 Å². The van der Waals surface area contributed by atoms with Crippen molar-refractivity contribution in [1.29, 1.82) is 0 Å². The lowest BCUT2D eigenvalue weighted by Crippen LogP contribution is -2.46. The Balaban J connectivity index is 2.27. The average molecular weight is 179 g/mol. The molecule has 0 saturated heterocycles. The maximum atomic E-state index is 6.37. The molecule has 0 bridgehead atoms. The second-order valence-electron chi connectivity index (χ2n) is 4.12. The summed E-state index contributed by atoms with van der Waals surface area (Å²) in [5, 5.41) is 0. The van der Waals surface area contributed by atoms with Crippen molar-refractivity contribution in [1.82, 2.24) is 9.97 Å². The number of H-pyrrole nitrogens is 1. The molecule has 2 unspecified atom stereocenters. The van der Waals surface area contributed by atoms with E-state index in [4.69, 9.17) is 5.73 Å². The predicted molar refractivity (Wildman–Crippen MR) is 52.1 cm³/mol. The number of nitrogens with zero attached hydrogens (tertiary/aromatic N) is 1. The number of nitrogens with one attached hydrogen (secondary N) is 1. The van der Waals surface area contributed by atoms with E-state index >= 15 is 0 Å². The number of aromatic nitrogens is 2. The van der Waals surface area contributed by atoms with Gasteiger partial charge in [-0.2, -0.15) is 0 Å². The van der Waals surface area contributed by atoms with Gasteiger partial charge in [-0.1, -0.05) is 19.8 Å². The van der Waals surface area contributed by atoms with Crippen LogP contribution in [0.3, 0.4) is 0 Å². The fraction of sp³-hybridized carbons (Fsp3) is 0.700. The van der Waals surface area contributed by atoms with E-state index in [-0.39, 0.29) is 5.54 Å². The summed E-state index contributed by atoms with van der Waals surface area (Å²) in [5.74, 6) is 1.49. The minimum Gasteiger partial charge on any atom is -0.347 e. The predicted octanol–water partition coefficient (Wildman–Crippen LogP) is 1.77. The Kier molecular flexibility index (Phi) is 2.12. The van der Waals surface area contributed by atoms with E-state index in [1.54, 1.807) is 6.20 Å². The highest BCUT2D eigenvalue weighted by molar-refractivity contribution is 5.08. The molecule has 0 aromatic carbocycles. The third-order valence-corrected chi connectivity index (χ3v) is 3.30. The van der Waals surface area contributed by atoms with Gasteiger partial charge in [0.2, 0.25) is 0 Å². The second-order valence-corrected chi connectivity index (χ2v) is 4.12. The lowest BCUT2D eigenvalue weighted by Gasteiger charge is -2.37. The summed E-state index contributed by atoms with van der Waals surface area (Å²) in [4.78, 5) is 7.42. The molecule has 2 atom stereocenters. The fourth-order valence-electron chi connectivity index (χ4n) is 2.24. The molecule has 1 aromatic heterocycles. The van der Waals surface area contributed by atoms with Gasteiger partial charge in [-0.25, -0.2) is 4.98 Å². The number of aromatic amines is 1. The Morgan fingerprint density at radius 3 is 3.08 bits per heavy atom. The van der Waals surface area contributed by atoms with E-state index in [0.717, 1.165) is 12.2 Å². The van der Waals surface area contributed by atoms with Gasteiger partial charge in [0.25, 0.3) is 0 Å². The molecule has 3 heteroatoms. The van der Waals surface area contributed by atoms with E-state index in [1.165, 1.54) is 19.3 Å². The molecule has 3 N–H and O–H groups in total. The number of imidazole rings is 1. The normalized spacial score (nSPS) is 34.8. The smallest absolute Gasteiger partial charge is 0.126 e. The summed E-state index contributed by atoms with van der Waals surface area (Å²) in [6, 6.07) is 0. The van der Waals surface area contributed by atoms with E-state index in [2.05, 4.69) is 16.9 Å². The summed E-state index contributed by atoms with van der Waals surface area (Å²) < 4.78 is 0. The van der Waals surface area contributed by atoms with Crippen LogP contribution < -0.4 is 5.73 Å². The second kappa shape index (κ2) is 3.14. The van der Waals surface area contributed by atoms with Crippen LogP contribution in [-0.2, 0) is 5.54 Å². The van der Waals surface area contributed by atoms with Crippen molar-refractivity contribution < 1.29 is 0 Å². The number of nitrogens with two attached hydrogens (primary N) is 1. The van der Waals surface area contributed by atoms with Gasteiger partial charge in [0.1, 0.15) is 5.82 Å². The minimum atomic E-state index is -0.207. The SMILES string of the molecule is CC1CCCCC1(N)c1ncc[nH]1. The van der Waals surface area contributed by atoms with Gasteiger partial charge in [0.15, 0.2) is 0 Å². The van der Waals surface area contributed by atoms with Crippen molar-refractivity contribution in [3.05, 3.63) is 18.2 Å². The van der Waals surface area contributed by atoms with Crippen molar-refractivity contribution in [3.8, 4) is 0 Å². The number of hydrogen-bond donors (Lipinski definition) is 2. The van der Waals surface area contributed by atoms with Crippen LogP contribution in [-0.4, -0.2) is 9.97 Å². The first-order valence-electron chi connectivity index (χ1n) is 5.02. The zero-order valence-corrected chi connectivity index (χ0v) is 8.09. The third-order valence-electron chi connectivity index (χ3n) is 3.30. The first-order valence-corrected chi connectivity index (χ1v) is 5.02. The molecule has 13 heavy (non-hydrogen) atoms. The van der Waals surface area contributed by atoms with Crippen LogP contribution in [0.1, 0.15) is 38.4 Å². The van der Waals surface area contributed by atoms with E-state index < -0.39 is 0 Å².